The SMILES string of the molecule is Cc1cc(C)cc(OCC(=O)NNC(=O)[C@H]2CCCN(C(N)=O)C2)c1. The average molecular weight is 348 g/mol. The number of amides is 4. The summed E-state index contributed by atoms with van der Waals surface area (Å²) in [5, 5.41) is 0. The second kappa shape index (κ2) is 8.36. The van der Waals surface area contributed by atoms with Crippen LogP contribution >= 0.6 is 0 Å². The van der Waals surface area contributed by atoms with Crippen LogP contribution in [0.2, 0.25) is 0 Å². The van der Waals surface area contributed by atoms with Crippen LogP contribution in [0.25, 0.3) is 0 Å². The number of hydrazine groups is 1. The maximum Gasteiger partial charge on any atom is 0.314 e. The molecule has 2 rings (SSSR count). The van der Waals surface area contributed by atoms with E-state index < -0.39 is 11.9 Å². The Kier molecular flexibility index (Phi) is 6.21. The van der Waals surface area contributed by atoms with Crippen LogP contribution in [-0.4, -0.2) is 42.4 Å². The van der Waals surface area contributed by atoms with E-state index in [0.29, 0.717) is 25.1 Å². The lowest BCUT2D eigenvalue weighted by Gasteiger charge is -2.30. The highest BCUT2D eigenvalue weighted by Gasteiger charge is 2.27. The fraction of sp³-hybridized carbons (Fsp3) is 0.471. The van der Waals surface area contributed by atoms with Crippen molar-refractivity contribution in [2.24, 2.45) is 11.7 Å². The van der Waals surface area contributed by atoms with Gasteiger partial charge < -0.3 is 15.4 Å². The summed E-state index contributed by atoms with van der Waals surface area (Å²) >= 11 is 0. The van der Waals surface area contributed by atoms with Crippen LogP contribution in [0, 0.1) is 19.8 Å². The van der Waals surface area contributed by atoms with Crippen molar-refractivity contribution in [3.8, 4) is 5.75 Å². The number of benzene rings is 1. The highest BCUT2D eigenvalue weighted by molar-refractivity contribution is 5.84. The zero-order valence-corrected chi connectivity index (χ0v) is 14.5. The molecule has 1 aromatic rings. The summed E-state index contributed by atoms with van der Waals surface area (Å²) in [5.41, 5.74) is 12.0. The van der Waals surface area contributed by atoms with E-state index in [9.17, 15) is 14.4 Å². The fourth-order valence-corrected chi connectivity index (χ4v) is 2.83. The topological polar surface area (TPSA) is 114 Å². The molecule has 1 saturated heterocycles. The van der Waals surface area contributed by atoms with Gasteiger partial charge in [-0.2, -0.15) is 0 Å². The molecule has 0 radical (unpaired) electrons. The molecule has 0 aromatic heterocycles. The standard InChI is InChI=1S/C17H24N4O4/c1-11-6-12(2)8-14(7-11)25-10-15(22)19-20-16(23)13-4-3-5-21(9-13)17(18)24/h6-8,13H,3-5,9-10H2,1-2H3,(H2,18,24)(H,19,22)(H,20,23)/t13-/m0/s1. The molecule has 1 fully saturated rings. The third-order valence-corrected chi connectivity index (χ3v) is 3.99. The van der Waals surface area contributed by atoms with Crippen LogP contribution in [0.4, 0.5) is 4.79 Å². The number of likely N-dealkylation sites (tertiary alicyclic amines) is 1. The molecule has 0 aliphatic carbocycles. The molecule has 1 atom stereocenters. The molecular weight excluding hydrogens is 324 g/mol. The number of nitrogens with zero attached hydrogens (tertiary/aromatic N) is 1. The van der Waals surface area contributed by atoms with Gasteiger partial charge in [0, 0.05) is 13.1 Å². The van der Waals surface area contributed by atoms with E-state index in [0.717, 1.165) is 11.1 Å². The van der Waals surface area contributed by atoms with Gasteiger partial charge in [-0.15, -0.1) is 0 Å². The molecule has 1 aliphatic rings. The highest BCUT2D eigenvalue weighted by Crippen LogP contribution is 2.17. The number of carbonyl (C=O) groups excluding carboxylic acids is 3. The van der Waals surface area contributed by atoms with Crippen molar-refractivity contribution >= 4 is 17.8 Å². The smallest absolute Gasteiger partial charge is 0.314 e. The van der Waals surface area contributed by atoms with E-state index in [4.69, 9.17) is 10.5 Å². The third kappa shape index (κ3) is 5.66. The Hall–Kier alpha value is -2.77. The quantitative estimate of drug-likeness (QED) is 0.692. The normalized spacial score (nSPS) is 16.9. The number of carbonyl (C=O) groups is 3. The van der Waals surface area contributed by atoms with Gasteiger partial charge in [0.05, 0.1) is 5.92 Å². The van der Waals surface area contributed by atoms with Gasteiger partial charge in [0.2, 0.25) is 5.91 Å². The first-order valence-electron chi connectivity index (χ1n) is 8.19. The number of urea groups is 1. The average Bonchev–Trinajstić information content (AvgIpc) is 2.57. The predicted octanol–water partition coefficient (Wildman–Crippen LogP) is 0.620. The molecule has 8 heteroatoms. The van der Waals surface area contributed by atoms with Gasteiger partial charge >= 0.3 is 6.03 Å². The van der Waals surface area contributed by atoms with E-state index in [1.807, 2.05) is 32.0 Å². The second-order valence-corrected chi connectivity index (χ2v) is 6.27. The lowest BCUT2D eigenvalue weighted by atomic mass is 9.98. The van der Waals surface area contributed by atoms with Crippen molar-refractivity contribution in [3.63, 3.8) is 0 Å². The van der Waals surface area contributed by atoms with Crippen LogP contribution in [0.3, 0.4) is 0 Å². The molecule has 1 aromatic carbocycles. The molecule has 0 unspecified atom stereocenters. The molecule has 4 N–H and O–H groups in total. The first kappa shape index (κ1) is 18.6. The Balaban J connectivity index is 1.75. The second-order valence-electron chi connectivity index (χ2n) is 6.27. The summed E-state index contributed by atoms with van der Waals surface area (Å²) < 4.78 is 5.42. The molecule has 1 heterocycles. The molecule has 1 aliphatic heterocycles. The number of primary amides is 1. The summed E-state index contributed by atoms with van der Waals surface area (Å²) in [4.78, 5) is 36.5. The van der Waals surface area contributed by atoms with Crippen LogP contribution < -0.4 is 21.3 Å². The number of ether oxygens (including phenoxy) is 1. The van der Waals surface area contributed by atoms with Gasteiger partial charge in [0.15, 0.2) is 6.61 Å². The largest absolute Gasteiger partial charge is 0.484 e. The minimum atomic E-state index is -0.539. The van der Waals surface area contributed by atoms with E-state index in [-0.39, 0.29) is 25.0 Å². The molecule has 4 amide bonds. The van der Waals surface area contributed by atoms with Crippen molar-refractivity contribution in [1.82, 2.24) is 15.8 Å². The van der Waals surface area contributed by atoms with E-state index in [2.05, 4.69) is 10.9 Å². The summed E-state index contributed by atoms with van der Waals surface area (Å²) in [5.74, 6) is -0.592. The van der Waals surface area contributed by atoms with Gasteiger partial charge in [0.1, 0.15) is 5.75 Å². The molecule has 136 valence electrons. The van der Waals surface area contributed by atoms with Crippen molar-refractivity contribution < 1.29 is 19.1 Å². The monoisotopic (exact) mass is 348 g/mol. The van der Waals surface area contributed by atoms with E-state index >= 15 is 0 Å². The van der Waals surface area contributed by atoms with Crippen molar-refractivity contribution in [2.75, 3.05) is 19.7 Å². The van der Waals surface area contributed by atoms with E-state index in [1.54, 1.807) is 0 Å². The van der Waals surface area contributed by atoms with Crippen LogP contribution in [0.5, 0.6) is 5.75 Å². The minimum absolute atomic E-state index is 0.207. The van der Waals surface area contributed by atoms with Crippen molar-refractivity contribution in [1.29, 1.82) is 0 Å². The lowest BCUT2D eigenvalue weighted by Crippen LogP contribution is -2.51. The number of rotatable bonds is 4. The molecule has 25 heavy (non-hydrogen) atoms. The first-order chi connectivity index (χ1) is 11.8. The van der Waals surface area contributed by atoms with E-state index in [1.165, 1.54) is 4.90 Å². The maximum atomic E-state index is 12.1. The molecular formula is C17H24N4O4. The summed E-state index contributed by atoms with van der Waals surface area (Å²) in [6, 6.07) is 5.13. The zero-order chi connectivity index (χ0) is 18.4. The number of aryl methyl sites for hydroxylation is 2. The number of nitrogens with two attached hydrogens (primary N) is 1. The van der Waals surface area contributed by atoms with Crippen LogP contribution in [-0.2, 0) is 9.59 Å². The minimum Gasteiger partial charge on any atom is -0.484 e. The lowest BCUT2D eigenvalue weighted by molar-refractivity contribution is -0.132. The van der Waals surface area contributed by atoms with Gasteiger partial charge in [-0.05, 0) is 49.9 Å². The van der Waals surface area contributed by atoms with Crippen molar-refractivity contribution in [3.05, 3.63) is 29.3 Å². The van der Waals surface area contributed by atoms with Gasteiger partial charge in [-0.3, -0.25) is 20.4 Å². The Bertz CT molecular complexity index is 642. The summed E-state index contributed by atoms with van der Waals surface area (Å²) in [6.07, 6.45) is 1.34. The van der Waals surface area contributed by atoms with Gasteiger partial charge in [-0.1, -0.05) is 6.07 Å². The maximum absolute atomic E-state index is 12.1. The Morgan fingerprint density at radius 2 is 1.88 bits per heavy atom. The Labute approximate surface area is 146 Å². The Morgan fingerprint density at radius 3 is 2.52 bits per heavy atom. The number of nitrogens with one attached hydrogen (secondary N) is 2. The van der Waals surface area contributed by atoms with Crippen molar-refractivity contribution in [2.45, 2.75) is 26.7 Å². The predicted molar refractivity (Wildman–Crippen MR) is 91.6 cm³/mol. The number of hydrogen-bond donors (Lipinski definition) is 3. The summed E-state index contributed by atoms with van der Waals surface area (Å²) in [7, 11) is 0. The van der Waals surface area contributed by atoms with Gasteiger partial charge in [0.25, 0.3) is 5.91 Å². The molecule has 0 saturated carbocycles. The highest BCUT2D eigenvalue weighted by atomic mass is 16.5. The summed E-state index contributed by atoms with van der Waals surface area (Å²) in [6.45, 7) is 4.49. The third-order valence-electron chi connectivity index (χ3n) is 3.99. The first-order valence-corrected chi connectivity index (χ1v) is 8.19. The zero-order valence-electron chi connectivity index (χ0n) is 14.5. The molecule has 8 nitrogen and oxygen atoms in total. The fourth-order valence-electron chi connectivity index (χ4n) is 2.83. The van der Waals surface area contributed by atoms with Crippen LogP contribution in [0.1, 0.15) is 24.0 Å². The van der Waals surface area contributed by atoms with Gasteiger partial charge in [-0.25, -0.2) is 4.79 Å². The Morgan fingerprint density at radius 1 is 1.20 bits per heavy atom. The molecule has 0 spiro atoms. The number of hydrogen-bond acceptors (Lipinski definition) is 4. The number of piperidine rings is 1. The van der Waals surface area contributed by atoms with Crippen LogP contribution in [0.15, 0.2) is 18.2 Å². The molecule has 0 bridgehead atoms.